The van der Waals surface area contributed by atoms with Crippen LogP contribution in [0, 0.1) is 0 Å². The third-order valence-corrected chi connectivity index (χ3v) is 1.95. The Labute approximate surface area is 80.9 Å². The number of carbonyl (C=O) groups is 1. The van der Waals surface area contributed by atoms with Crippen molar-refractivity contribution < 1.29 is 9.90 Å². The first-order valence-electron chi connectivity index (χ1n) is 3.16. The predicted octanol–water partition coefficient (Wildman–Crippen LogP) is 1.37. The van der Waals surface area contributed by atoms with E-state index in [1.807, 2.05) is 0 Å². The van der Waals surface area contributed by atoms with Gasteiger partial charge in [0.25, 0.3) is 0 Å². The Morgan fingerprint density at radius 3 is 2.10 bits per heavy atom. The molecule has 0 fully saturated rings. The van der Waals surface area contributed by atoms with Crippen molar-refractivity contribution in [3.63, 3.8) is 0 Å². The van der Waals surface area contributed by atoms with Gasteiger partial charge in [0, 0.05) is 0 Å². The molecule has 0 aliphatic heterocycles. The molecule has 4 heteroatoms. The number of carboxylic acids is 1. The van der Waals surface area contributed by atoms with Gasteiger partial charge in [0.1, 0.15) is 0 Å². The maximum Gasteiger partial charge on any atom is 0.313 e. The van der Waals surface area contributed by atoms with Crippen molar-refractivity contribution in [1.29, 1.82) is 0 Å². The van der Waals surface area contributed by atoms with Crippen LogP contribution in [-0.2, 0) is 4.79 Å². The molecule has 0 bridgehead atoms. The summed E-state index contributed by atoms with van der Waals surface area (Å²) in [6, 6.07) is 0. The molecule has 0 spiro atoms. The summed E-state index contributed by atoms with van der Waals surface area (Å²) < 4.78 is 1.43. The van der Waals surface area contributed by atoms with Crippen molar-refractivity contribution in [1.82, 2.24) is 0 Å². The van der Waals surface area contributed by atoms with Crippen LogP contribution in [0.1, 0.15) is 19.8 Å². The standard InChI is InChI=1S/C4H9.C2H4O2S.Sn/c1-3-4-2;3-2(4)1-5;/h1,3-4H2,2H3;5H,1H2,(H,3,4);. The van der Waals surface area contributed by atoms with Crippen molar-refractivity contribution >= 4 is 41.1 Å². The first-order chi connectivity index (χ1) is 4.68. The van der Waals surface area contributed by atoms with Gasteiger partial charge in [-0.25, -0.2) is 0 Å². The van der Waals surface area contributed by atoms with Gasteiger partial charge in [-0.2, -0.15) is 12.6 Å². The van der Waals surface area contributed by atoms with Crippen molar-refractivity contribution in [2.45, 2.75) is 24.2 Å². The van der Waals surface area contributed by atoms with E-state index < -0.39 is 5.97 Å². The second-order valence-corrected chi connectivity index (χ2v) is 3.40. The number of unbranched alkanes of at least 4 members (excludes halogenated alkanes) is 1. The summed E-state index contributed by atoms with van der Waals surface area (Å²) in [4.78, 5) is 9.29. The van der Waals surface area contributed by atoms with Crippen molar-refractivity contribution in [2.75, 3.05) is 5.75 Å². The molecule has 1 N–H and O–H groups in total. The molecule has 0 heterocycles. The summed E-state index contributed by atoms with van der Waals surface area (Å²) in [6.45, 7) is 2.23. The summed E-state index contributed by atoms with van der Waals surface area (Å²) in [7, 11) is 0. The minimum absolute atomic E-state index is 0.0833. The average Bonchev–Trinajstić information content (AvgIpc) is 1.91. The van der Waals surface area contributed by atoms with Crippen LogP contribution in [-0.4, -0.2) is 39.4 Å². The van der Waals surface area contributed by atoms with Gasteiger partial charge in [0.2, 0.25) is 0 Å². The van der Waals surface area contributed by atoms with E-state index in [2.05, 4.69) is 19.6 Å². The van der Waals surface area contributed by atoms with E-state index in [9.17, 15) is 4.79 Å². The molecule has 0 aromatic carbocycles. The molecule has 0 rings (SSSR count). The molecule has 0 aliphatic carbocycles. The Morgan fingerprint density at radius 2 is 2.10 bits per heavy atom. The van der Waals surface area contributed by atoms with Gasteiger partial charge >= 0.3 is 52.7 Å². The summed E-state index contributed by atoms with van der Waals surface area (Å²) in [5, 5.41) is 7.65. The average molecular weight is 268 g/mol. The van der Waals surface area contributed by atoms with Crippen molar-refractivity contribution in [3.05, 3.63) is 0 Å². The maximum atomic E-state index is 9.29. The Hall–Kier alpha value is 0.619. The Kier molecular flexibility index (Phi) is 16.3. The zero-order chi connectivity index (χ0) is 8.41. The van der Waals surface area contributed by atoms with Crippen LogP contribution < -0.4 is 0 Å². The fourth-order valence-electron chi connectivity index (χ4n) is 0.177. The maximum absolute atomic E-state index is 9.29. The van der Waals surface area contributed by atoms with Crippen LogP contribution in [0.4, 0.5) is 0 Å². The minimum atomic E-state index is -0.881. The van der Waals surface area contributed by atoms with Gasteiger partial charge in [-0.05, 0) is 0 Å². The molecule has 3 radical (unpaired) electrons. The number of hydrogen-bond donors (Lipinski definition) is 2. The van der Waals surface area contributed by atoms with Gasteiger partial charge in [-0.1, -0.05) is 0 Å². The van der Waals surface area contributed by atoms with Gasteiger partial charge in [0.15, 0.2) is 0 Å². The normalized spacial score (nSPS) is 7.90. The van der Waals surface area contributed by atoms with Crippen LogP contribution >= 0.6 is 12.6 Å². The van der Waals surface area contributed by atoms with Crippen LogP contribution in [0.25, 0.3) is 0 Å². The zero-order valence-corrected chi connectivity index (χ0v) is 9.88. The molecular formula is C6H13O2SSn. The molecule has 0 saturated heterocycles. The third kappa shape index (κ3) is 23.5. The molecule has 0 unspecified atom stereocenters. The largest absolute Gasteiger partial charge is 0.481 e. The van der Waals surface area contributed by atoms with E-state index in [1.165, 1.54) is 17.3 Å². The molecule has 2 nitrogen and oxygen atoms in total. The zero-order valence-electron chi connectivity index (χ0n) is 6.13. The molecular weight excluding hydrogens is 255 g/mol. The number of hydrogen-bond acceptors (Lipinski definition) is 2. The van der Waals surface area contributed by atoms with Gasteiger partial charge in [0.05, 0.1) is 5.75 Å². The Bertz CT molecular complexity index is 76.1. The fourth-order valence-corrected chi connectivity index (χ4v) is 1.19. The summed E-state index contributed by atoms with van der Waals surface area (Å²) in [6.07, 6.45) is 2.80. The monoisotopic (exact) mass is 269 g/mol. The Morgan fingerprint density at radius 1 is 1.70 bits per heavy atom. The third-order valence-electron chi connectivity index (χ3n) is 0.666. The van der Waals surface area contributed by atoms with Crippen LogP contribution in [0.3, 0.4) is 0 Å². The van der Waals surface area contributed by atoms with E-state index >= 15 is 0 Å². The van der Waals surface area contributed by atoms with Crippen molar-refractivity contribution in [2.24, 2.45) is 0 Å². The van der Waals surface area contributed by atoms with Crippen LogP contribution in [0.2, 0.25) is 4.44 Å². The second-order valence-electron chi connectivity index (χ2n) is 1.66. The first-order valence-corrected chi connectivity index (χ1v) is 5.81. The number of thiol groups is 1. The minimum Gasteiger partial charge on any atom is -0.481 e. The molecule has 0 aromatic rings. The molecule has 0 amide bonds. The van der Waals surface area contributed by atoms with E-state index in [0.717, 1.165) is 0 Å². The molecule has 59 valence electrons. The second kappa shape index (κ2) is 12.3. The predicted molar refractivity (Wildman–Crippen MR) is 47.0 cm³/mol. The van der Waals surface area contributed by atoms with Crippen LogP contribution in [0.5, 0.6) is 0 Å². The summed E-state index contributed by atoms with van der Waals surface area (Å²) >= 11 is 5.10. The molecule has 10 heavy (non-hydrogen) atoms. The van der Waals surface area contributed by atoms with Gasteiger partial charge in [-0.15, -0.1) is 0 Å². The topological polar surface area (TPSA) is 37.3 Å². The summed E-state index contributed by atoms with van der Waals surface area (Å²) in [5.41, 5.74) is 0. The molecule has 0 atom stereocenters. The van der Waals surface area contributed by atoms with Crippen molar-refractivity contribution in [3.8, 4) is 0 Å². The van der Waals surface area contributed by atoms with Gasteiger partial charge < -0.3 is 5.11 Å². The van der Waals surface area contributed by atoms with E-state index in [4.69, 9.17) is 5.11 Å². The first kappa shape index (κ1) is 13.2. The molecule has 0 saturated carbocycles. The van der Waals surface area contributed by atoms with Crippen LogP contribution in [0.15, 0.2) is 0 Å². The number of carboxylic acid groups (broad SMARTS) is 1. The van der Waals surface area contributed by atoms with E-state index in [1.54, 1.807) is 22.5 Å². The molecule has 0 aromatic heterocycles. The SMILES string of the molecule is CCC[CH2][Sn].O=C(O)CS. The number of rotatable bonds is 3. The molecule has 0 aliphatic rings. The van der Waals surface area contributed by atoms with E-state index in [-0.39, 0.29) is 5.75 Å². The Balaban J connectivity index is 0. The van der Waals surface area contributed by atoms with E-state index in [0.29, 0.717) is 0 Å². The number of aliphatic carboxylic acids is 1. The van der Waals surface area contributed by atoms with Gasteiger partial charge in [-0.3, -0.25) is 4.79 Å². The fraction of sp³-hybridized carbons (Fsp3) is 0.833. The summed E-state index contributed by atoms with van der Waals surface area (Å²) in [5.74, 6) is -0.965. The quantitative estimate of drug-likeness (QED) is 0.599. The smallest absolute Gasteiger partial charge is 0.313 e.